The molecule has 0 heterocycles. The van der Waals surface area contributed by atoms with Crippen LogP contribution in [0.15, 0.2) is 24.3 Å². The molecule has 0 atom stereocenters. The van der Waals surface area contributed by atoms with Gasteiger partial charge in [0.25, 0.3) is 0 Å². The summed E-state index contributed by atoms with van der Waals surface area (Å²) in [7, 11) is 0. The molecule has 1 rings (SSSR count). The van der Waals surface area contributed by atoms with Gasteiger partial charge in [0.05, 0.1) is 6.42 Å². The fourth-order valence-corrected chi connectivity index (χ4v) is 0.846. The van der Waals surface area contributed by atoms with Crippen LogP contribution in [-0.4, -0.2) is 0 Å². The molecule has 1 radical (unpaired) electrons. The molecule has 55 valence electrons. The highest BCUT2D eigenvalue weighted by molar-refractivity contribution is 5.33. The zero-order valence-electron chi connectivity index (χ0n) is 6.25. The van der Waals surface area contributed by atoms with E-state index in [1.54, 1.807) is 6.42 Å². The van der Waals surface area contributed by atoms with E-state index in [2.05, 4.69) is 5.92 Å². The van der Waals surface area contributed by atoms with Crippen molar-refractivity contribution in [3.8, 4) is 12.3 Å². The van der Waals surface area contributed by atoms with Gasteiger partial charge in [-0.25, -0.2) is 0 Å². The summed E-state index contributed by atoms with van der Waals surface area (Å²) in [4.78, 5) is 0. The lowest BCUT2D eigenvalue weighted by Crippen LogP contribution is -1.95. The second kappa shape index (κ2) is 3.80. The first-order chi connectivity index (χ1) is 5.36. The van der Waals surface area contributed by atoms with E-state index in [0.29, 0.717) is 6.54 Å². The molecule has 0 aliphatic heterocycles. The summed E-state index contributed by atoms with van der Waals surface area (Å²) in [5, 5.41) is 0. The third kappa shape index (κ3) is 2.10. The number of hydrogen-bond acceptors (Lipinski definition) is 1. The maximum absolute atomic E-state index is 5.42. The van der Waals surface area contributed by atoms with E-state index in [1.807, 2.05) is 24.3 Å². The van der Waals surface area contributed by atoms with Gasteiger partial charge in [0.15, 0.2) is 0 Å². The van der Waals surface area contributed by atoms with Crippen molar-refractivity contribution in [1.29, 1.82) is 0 Å². The SMILES string of the molecule is C#C[CH]c1ccc(CN)cc1. The van der Waals surface area contributed by atoms with Crippen molar-refractivity contribution in [2.24, 2.45) is 5.73 Å². The van der Waals surface area contributed by atoms with Crippen molar-refractivity contribution >= 4 is 0 Å². The predicted octanol–water partition coefficient (Wildman–Crippen LogP) is 1.33. The molecule has 0 saturated carbocycles. The van der Waals surface area contributed by atoms with Gasteiger partial charge in [-0.2, -0.15) is 0 Å². The molecule has 0 aliphatic rings. The fourth-order valence-electron chi connectivity index (χ4n) is 0.846. The second-order valence-electron chi connectivity index (χ2n) is 2.26. The summed E-state index contributed by atoms with van der Waals surface area (Å²) in [5.74, 6) is 2.47. The van der Waals surface area contributed by atoms with E-state index in [9.17, 15) is 0 Å². The standard InChI is InChI=1S/C10H10N/c1-2-3-9-4-6-10(8-11)7-5-9/h1,3-7H,8,11H2. The summed E-state index contributed by atoms with van der Waals surface area (Å²) in [6.45, 7) is 0.580. The molecule has 1 heteroatoms. The summed E-state index contributed by atoms with van der Waals surface area (Å²) in [5.41, 5.74) is 7.59. The molecule has 2 N–H and O–H groups in total. The van der Waals surface area contributed by atoms with Crippen LogP contribution in [-0.2, 0) is 6.54 Å². The summed E-state index contributed by atoms with van der Waals surface area (Å²) in [6.07, 6.45) is 6.82. The van der Waals surface area contributed by atoms with Crippen LogP contribution in [0.25, 0.3) is 0 Å². The first-order valence-corrected chi connectivity index (χ1v) is 3.45. The van der Waals surface area contributed by atoms with Crippen molar-refractivity contribution in [2.75, 3.05) is 0 Å². The first kappa shape index (κ1) is 7.84. The minimum Gasteiger partial charge on any atom is -0.326 e. The number of hydrogen-bond donors (Lipinski definition) is 1. The Balaban J connectivity index is 2.76. The monoisotopic (exact) mass is 144 g/mol. The van der Waals surface area contributed by atoms with E-state index in [0.717, 1.165) is 11.1 Å². The number of benzene rings is 1. The second-order valence-corrected chi connectivity index (χ2v) is 2.26. The fraction of sp³-hybridized carbons (Fsp3) is 0.100. The van der Waals surface area contributed by atoms with Crippen LogP contribution in [0.3, 0.4) is 0 Å². The van der Waals surface area contributed by atoms with Gasteiger partial charge in [-0.1, -0.05) is 30.2 Å². The Morgan fingerprint density at radius 2 is 2.00 bits per heavy atom. The van der Waals surface area contributed by atoms with E-state index in [-0.39, 0.29) is 0 Å². The largest absolute Gasteiger partial charge is 0.326 e. The third-order valence-electron chi connectivity index (χ3n) is 1.47. The molecule has 0 bridgehead atoms. The van der Waals surface area contributed by atoms with Crippen LogP contribution in [0.2, 0.25) is 0 Å². The van der Waals surface area contributed by atoms with Crippen LogP contribution >= 0.6 is 0 Å². The van der Waals surface area contributed by atoms with Gasteiger partial charge in [-0.3, -0.25) is 0 Å². The molecule has 11 heavy (non-hydrogen) atoms. The number of nitrogens with two attached hydrogens (primary N) is 1. The Morgan fingerprint density at radius 3 is 2.45 bits per heavy atom. The van der Waals surface area contributed by atoms with E-state index >= 15 is 0 Å². The van der Waals surface area contributed by atoms with Gasteiger partial charge < -0.3 is 5.73 Å². The van der Waals surface area contributed by atoms with Gasteiger partial charge in [-0.15, -0.1) is 6.42 Å². The van der Waals surface area contributed by atoms with Gasteiger partial charge in [0.2, 0.25) is 0 Å². The topological polar surface area (TPSA) is 26.0 Å². The van der Waals surface area contributed by atoms with Gasteiger partial charge in [0.1, 0.15) is 0 Å². The molecule has 0 aromatic heterocycles. The maximum atomic E-state index is 5.42. The van der Waals surface area contributed by atoms with Crippen molar-refractivity contribution in [3.63, 3.8) is 0 Å². The van der Waals surface area contributed by atoms with Crippen LogP contribution in [0.5, 0.6) is 0 Å². The van der Waals surface area contributed by atoms with Gasteiger partial charge in [-0.05, 0) is 11.1 Å². The highest BCUT2D eigenvalue weighted by atomic mass is 14.5. The van der Waals surface area contributed by atoms with Crippen LogP contribution < -0.4 is 5.73 Å². The first-order valence-electron chi connectivity index (χ1n) is 3.45. The van der Waals surface area contributed by atoms with Crippen LogP contribution in [0.1, 0.15) is 11.1 Å². The Bertz CT molecular complexity index is 253. The lowest BCUT2D eigenvalue weighted by Gasteiger charge is -1.96. The lowest BCUT2D eigenvalue weighted by molar-refractivity contribution is 1.07. The summed E-state index contributed by atoms with van der Waals surface area (Å²) in [6, 6.07) is 7.87. The van der Waals surface area contributed by atoms with E-state index in [1.165, 1.54) is 0 Å². The van der Waals surface area contributed by atoms with E-state index < -0.39 is 0 Å². The smallest absolute Gasteiger partial charge is 0.0628 e. The van der Waals surface area contributed by atoms with Crippen molar-refractivity contribution in [2.45, 2.75) is 6.54 Å². The summed E-state index contributed by atoms with van der Waals surface area (Å²) < 4.78 is 0. The molecule has 1 aromatic carbocycles. The average molecular weight is 144 g/mol. The minimum absolute atomic E-state index is 0.580. The predicted molar refractivity (Wildman–Crippen MR) is 46.6 cm³/mol. The molecule has 0 saturated heterocycles. The molecule has 0 amide bonds. The summed E-state index contributed by atoms with van der Waals surface area (Å²) >= 11 is 0. The normalized spacial score (nSPS) is 9.09. The molecule has 0 spiro atoms. The molecule has 0 fully saturated rings. The van der Waals surface area contributed by atoms with Crippen molar-refractivity contribution in [3.05, 3.63) is 41.8 Å². The molecule has 0 unspecified atom stereocenters. The Morgan fingerprint density at radius 1 is 1.36 bits per heavy atom. The zero-order chi connectivity index (χ0) is 8.10. The van der Waals surface area contributed by atoms with Crippen LogP contribution in [0, 0.1) is 18.8 Å². The van der Waals surface area contributed by atoms with Gasteiger partial charge in [0, 0.05) is 6.54 Å². The van der Waals surface area contributed by atoms with E-state index in [4.69, 9.17) is 12.2 Å². The zero-order valence-corrected chi connectivity index (χ0v) is 6.25. The minimum atomic E-state index is 0.580. The number of terminal acetylenes is 1. The number of rotatable bonds is 2. The highest BCUT2D eigenvalue weighted by Crippen LogP contribution is 2.04. The Kier molecular flexibility index (Phi) is 2.71. The molecular formula is C10H10N. The van der Waals surface area contributed by atoms with Crippen LogP contribution in [0.4, 0.5) is 0 Å². The van der Waals surface area contributed by atoms with Gasteiger partial charge >= 0.3 is 0 Å². The Labute approximate surface area is 67.2 Å². The Hall–Kier alpha value is -1.26. The van der Waals surface area contributed by atoms with Crippen molar-refractivity contribution < 1.29 is 0 Å². The molecule has 1 aromatic rings. The maximum Gasteiger partial charge on any atom is 0.0628 e. The lowest BCUT2D eigenvalue weighted by atomic mass is 10.1. The average Bonchev–Trinajstić information content (AvgIpc) is 2.07. The van der Waals surface area contributed by atoms with Crippen molar-refractivity contribution in [1.82, 2.24) is 0 Å². The molecule has 1 nitrogen and oxygen atoms in total. The quantitative estimate of drug-likeness (QED) is 0.622. The third-order valence-corrected chi connectivity index (χ3v) is 1.47. The molecule has 0 aliphatic carbocycles. The highest BCUT2D eigenvalue weighted by Gasteiger charge is 1.90. The molecular weight excluding hydrogens is 134 g/mol.